The van der Waals surface area contributed by atoms with Gasteiger partial charge in [-0.3, -0.25) is 4.79 Å². The number of fused-ring (bicyclic) bond motifs is 1. The van der Waals surface area contributed by atoms with Crippen LogP contribution in [0.4, 0.5) is 11.4 Å². The molecule has 2 aromatic carbocycles. The van der Waals surface area contributed by atoms with Crippen molar-refractivity contribution in [2.45, 2.75) is 39.7 Å². The summed E-state index contributed by atoms with van der Waals surface area (Å²) < 4.78 is 0. The smallest absolute Gasteiger partial charge is 0.243 e. The fourth-order valence-corrected chi connectivity index (χ4v) is 3.23. The highest BCUT2D eigenvalue weighted by atomic mass is 16.2. The Morgan fingerprint density at radius 3 is 2.78 bits per heavy atom. The normalized spacial score (nSPS) is 16.8. The Morgan fingerprint density at radius 1 is 1.17 bits per heavy atom. The van der Waals surface area contributed by atoms with Crippen LogP contribution in [0.2, 0.25) is 0 Å². The third-order valence-corrected chi connectivity index (χ3v) is 4.86. The molecule has 0 saturated carbocycles. The molecule has 0 saturated heterocycles. The van der Waals surface area contributed by atoms with Gasteiger partial charge in [0.1, 0.15) is 0 Å². The summed E-state index contributed by atoms with van der Waals surface area (Å²) in [6, 6.07) is 14.8. The Labute approximate surface area is 138 Å². The van der Waals surface area contributed by atoms with Crippen molar-refractivity contribution < 1.29 is 4.79 Å². The highest BCUT2D eigenvalue weighted by Crippen LogP contribution is 2.30. The number of aryl methyl sites for hydroxylation is 2. The molecule has 0 fully saturated rings. The van der Waals surface area contributed by atoms with Crippen LogP contribution >= 0.6 is 0 Å². The van der Waals surface area contributed by atoms with Crippen LogP contribution in [0.5, 0.6) is 0 Å². The molecule has 0 bridgehead atoms. The van der Waals surface area contributed by atoms with E-state index in [0.717, 1.165) is 24.1 Å². The summed E-state index contributed by atoms with van der Waals surface area (Å²) in [7, 11) is 0. The third kappa shape index (κ3) is 3.24. The molecule has 2 aromatic rings. The summed E-state index contributed by atoms with van der Waals surface area (Å²) in [6.07, 6.45) is 2.18. The third-order valence-electron chi connectivity index (χ3n) is 4.86. The zero-order valence-corrected chi connectivity index (χ0v) is 14.1. The first kappa shape index (κ1) is 15.6. The molecule has 0 radical (unpaired) electrons. The fraction of sp³-hybridized carbons (Fsp3) is 0.350. The summed E-state index contributed by atoms with van der Waals surface area (Å²) in [5, 5.41) is 3.07. The molecule has 1 atom stereocenters. The van der Waals surface area contributed by atoms with Gasteiger partial charge < -0.3 is 10.2 Å². The van der Waals surface area contributed by atoms with E-state index in [9.17, 15) is 4.79 Å². The van der Waals surface area contributed by atoms with Gasteiger partial charge in [-0.2, -0.15) is 0 Å². The molecular formula is C20H24N2O. The Morgan fingerprint density at radius 2 is 1.96 bits per heavy atom. The minimum Gasteiger partial charge on any atom is -0.359 e. The van der Waals surface area contributed by atoms with Crippen molar-refractivity contribution in [2.24, 2.45) is 0 Å². The monoisotopic (exact) mass is 308 g/mol. The molecular weight excluding hydrogens is 284 g/mol. The molecule has 0 aliphatic carbocycles. The predicted octanol–water partition coefficient (Wildman–Crippen LogP) is 4.08. The molecule has 0 aromatic heterocycles. The number of amides is 1. The molecule has 120 valence electrons. The second-order valence-corrected chi connectivity index (χ2v) is 6.44. The maximum atomic E-state index is 12.5. The topological polar surface area (TPSA) is 32.3 Å². The van der Waals surface area contributed by atoms with Crippen LogP contribution in [0.3, 0.4) is 0 Å². The zero-order valence-electron chi connectivity index (χ0n) is 14.1. The van der Waals surface area contributed by atoms with Crippen molar-refractivity contribution in [1.29, 1.82) is 0 Å². The summed E-state index contributed by atoms with van der Waals surface area (Å²) in [5.74, 6) is 0.0438. The predicted molar refractivity (Wildman–Crippen MR) is 96.1 cm³/mol. The van der Waals surface area contributed by atoms with E-state index in [1.165, 1.54) is 16.8 Å². The molecule has 1 aliphatic heterocycles. The standard InChI is InChI=1S/C20H24N2O/c1-14-7-6-9-18(16(14)3)21-20(23)13-22-15(2)11-12-17-8-4-5-10-19(17)22/h4-10,15H,11-13H2,1-3H3,(H,21,23)/t15-/m0/s1. The molecule has 1 heterocycles. The van der Waals surface area contributed by atoms with Crippen LogP contribution < -0.4 is 10.2 Å². The van der Waals surface area contributed by atoms with E-state index in [4.69, 9.17) is 0 Å². The number of rotatable bonds is 3. The van der Waals surface area contributed by atoms with E-state index >= 15 is 0 Å². The number of carbonyl (C=O) groups excluding carboxylic acids is 1. The molecule has 1 N–H and O–H groups in total. The number of benzene rings is 2. The molecule has 3 heteroatoms. The average molecular weight is 308 g/mol. The van der Waals surface area contributed by atoms with Gasteiger partial charge in [0.2, 0.25) is 5.91 Å². The van der Waals surface area contributed by atoms with Gasteiger partial charge in [0.15, 0.2) is 0 Å². The van der Waals surface area contributed by atoms with Crippen LogP contribution in [0, 0.1) is 13.8 Å². The lowest BCUT2D eigenvalue weighted by Crippen LogP contribution is -2.42. The maximum absolute atomic E-state index is 12.5. The van der Waals surface area contributed by atoms with Crippen molar-refractivity contribution >= 4 is 17.3 Å². The van der Waals surface area contributed by atoms with Crippen molar-refractivity contribution in [3.05, 3.63) is 59.2 Å². The van der Waals surface area contributed by atoms with Crippen molar-refractivity contribution in [3.8, 4) is 0 Å². The molecule has 3 nitrogen and oxygen atoms in total. The largest absolute Gasteiger partial charge is 0.359 e. The van der Waals surface area contributed by atoms with Crippen LogP contribution in [0.15, 0.2) is 42.5 Å². The average Bonchev–Trinajstić information content (AvgIpc) is 2.54. The second-order valence-electron chi connectivity index (χ2n) is 6.44. The maximum Gasteiger partial charge on any atom is 0.243 e. The molecule has 0 unspecified atom stereocenters. The summed E-state index contributed by atoms with van der Waals surface area (Å²) in [5.41, 5.74) is 5.77. The lowest BCUT2D eigenvalue weighted by Gasteiger charge is -2.36. The molecule has 3 rings (SSSR count). The summed E-state index contributed by atoms with van der Waals surface area (Å²) in [6.45, 7) is 6.70. The van der Waals surface area contributed by atoms with E-state index in [-0.39, 0.29) is 5.91 Å². The number of para-hydroxylation sites is 1. The van der Waals surface area contributed by atoms with Gasteiger partial charge in [-0.15, -0.1) is 0 Å². The number of nitrogens with one attached hydrogen (secondary N) is 1. The van der Waals surface area contributed by atoms with E-state index in [2.05, 4.69) is 48.3 Å². The zero-order chi connectivity index (χ0) is 16.4. The van der Waals surface area contributed by atoms with Gasteiger partial charge in [-0.1, -0.05) is 30.3 Å². The van der Waals surface area contributed by atoms with E-state index in [0.29, 0.717) is 12.6 Å². The summed E-state index contributed by atoms with van der Waals surface area (Å²) in [4.78, 5) is 14.8. The highest BCUT2D eigenvalue weighted by molar-refractivity contribution is 5.95. The Kier molecular flexibility index (Phi) is 4.37. The van der Waals surface area contributed by atoms with Crippen molar-refractivity contribution in [3.63, 3.8) is 0 Å². The highest BCUT2D eigenvalue weighted by Gasteiger charge is 2.24. The van der Waals surface area contributed by atoms with Crippen LogP contribution in [-0.4, -0.2) is 18.5 Å². The van der Waals surface area contributed by atoms with Gasteiger partial charge in [-0.05, 0) is 62.4 Å². The van der Waals surface area contributed by atoms with Crippen molar-refractivity contribution in [1.82, 2.24) is 0 Å². The second kappa shape index (κ2) is 6.45. The van der Waals surface area contributed by atoms with Gasteiger partial charge in [-0.25, -0.2) is 0 Å². The first-order valence-corrected chi connectivity index (χ1v) is 8.27. The first-order chi connectivity index (χ1) is 11.1. The van der Waals surface area contributed by atoms with Gasteiger partial charge in [0.25, 0.3) is 0 Å². The quantitative estimate of drug-likeness (QED) is 0.926. The van der Waals surface area contributed by atoms with Crippen molar-refractivity contribution in [2.75, 3.05) is 16.8 Å². The number of carbonyl (C=O) groups is 1. The van der Waals surface area contributed by atoms with Gasteiger partial charge in [0, 0.05) is 17.4 Å². The van der Waals surface area contributed by atoms with Gasteiger partial charge >= 0.3 is 0 Å². The molecule has 0 spiro atoms. The van der Waals surface area contributed by atoms with Crippen LogP contribution in [0.1, 0.15) is 30.0 Å². The van der Waals surface area contributed by atoms with E-state index in [1.807, 2.05) is 25.1 Å². The molecule has 1 aliphatic rings. The SMILES string of the molecule is Cc1cccc(NC(=O)CN2c3ccccc3CC[C@@H]2C)c1C. The molecule has 1 amide bonds. The Balaban J connectivity index is 1.76. The van der Waals surface area contributed by atoms with Crippen LogP contribution in [-0.2, 0) is 11.2 Å². The first-order valence-electron chi connectivity index (χ1n) is 8.27. The Hall–Kier alpha value is -2.29. The number of anilines is 2. The lowest BCUT2D eigenvalue weighted by atomic mass is 9.96. The number of nitrogens with zero attached hydrogens (tertiary/aromatic N) is 1. The fourth-order valence-electron chi connectivity index (χ4n) is 3.23. The number of hydrogen-bond donors (Lipinski definition) is 1. The molecule has 23 heavy (non-hydrogen) atoms. The van der Waals surface area contributed by atoms with Crippen LogP contribution in [0.25, 0.3) is 0 Å². The lowest BCUT2D eigenvalue weighted by molar-refractivity contribution is -0.115. The van der Waals surface area contributed by atoms with E-state index in [1.54, 1.807) is 0 Å². The van der Waals surface area contributed by atoms with Gasteiger partial charge in [0.05, 0.1) is 6.54 Å². The Bertz CT molecular complexity index is 723. The number of hydrogen-bond acceptors (Lipinski definition) is 2. The van der Waals surface area contributed by atoms with E-state index < -0.39 is 0 Å². The minimum atomic E-state index is 0.0438. The summed E-state index contributed by atoms with van der Waals surface area (Å²) >= 11 is 0. The minimum absolute atomic E-state index is 0.0438.